The van der Waals surface area contributed by atoms with Gasteiger partial charge in [0.15, 0.2) is 5.65 Å². The van der Waals surface area contributed by atoms with E-state index in [1.807, 2.05) is 6.92 Å². The topological polar surface area (TPSA) is 59.8 Å². The van der Waals surface area contributed by atoms with Gasteiger partial charge in [0.2, 0.25) is 0 Å². The van der Waals surface area contributed by atoms with Gasteiger partial charge in [0.1, 0.15) is 5.82 Å². The Hall–Kier alpha value is -2.76. The van der Waals surface area contributed by atoms with Gasteiger partial charge in [-0.1, -0.05) is 6.07 Å². The SMILES string of the molecule is Cc1ccc(NC(=O)c2cnc3c(c2)c(C)nn3C)cc1F. The molecule has 2 heterocycles. The monoisotopic (exact) mass is 298 g/mol. The zero-order chi connectivity index (χ0) is 15.9. The number of hydrogen-bond donors (Lipinski definition) is 1. The number of pyridine rings is 1. The summed E-state index contributed by atoms with van der Waals surface area (Å²) in [5, 5.41) is 7.76. The van der Waals surface area contributed by atoms with Crippen molar-refractivity contribution in [3.63, 3.8) is 0 Å². The Kier molecular flexibility index (Phi) is 3.36. The zero-order valence-electron chi connectivity index (χ0n) is 12.5. The Balaban J connectivity index is 1.91. The fraction of sp³-hybridized carbons (Fsp3) is 0.188. The lowest BCUT2D eigenvalue weighted by molar-refractivity contribution is 0.102. The smallest absolute Gasteiger partial charge is 0.257 e. The molecular weight excluding hydrogens is 283 g/mol. The van der Waals surface area contributed by atoms with Gasteiger partial charge in [-0.2, -0.15) is 5.10 Å². The summed E-state index contributed by atoms with van der Waals surface area (Å²) in [5.74, 6) is -0.685. The van der Waals surface area contributed by atoms with E-state index in [1.165, 1.54) is 12.3 Å². The first-order valence-corrected chi connectivity index (χ1v) is 6.82. The number of carbonyl (C=O) groups is 1. The molecule has 0 spiro atoms. The van der Waals surface area contributed by atoms with E-state index in [2.05, 4.69) is 15.4 Å². The summed E-state index contributed by atoms with van der Waals surface area (Å²) in [4.78, 5) is 16.5. The third-order valence-electron chi connectivity index (χ3n) is 3.55. The average Bonchev–Trinajstić information content (AvgIpc) is 2.77. The van der Waals surface area contributed by atoms with Crippen LogP contribution in [0, 0.1) is 19.7 Å². The Morgan fingerprint density at radius 1 is 1.27 bits per heavy atom. The van der Waals surface area contributed by atoms with Crippen LogP contribution in [-0.4, -0.2) is 20.7 Å². The molecule has 0 radical (unpaired) electrons. The van der Waals surface area contributed by atoms with E-state index in [0.717, 1.165) is 16.7 Å². The first kappa shape index (κ1) is 14.2. The van der Waals surface area contributed by atoms with Crippen molar-refractivity contribution in [1.29, 1.82) is 0 Å². The second kappa shape index (κ2) is 5.22. The molecule has 0 aliphatic rings. The Morgan fingerprint density at radius 2 is 2.05 bits per heavy atom. The first-order valence-electron chi connectivity index (χ1n) is 6.82. The molecule has 0 aliphatic carbocycles. The summed E-state index contributed by atoms with van der Waals surface area (Å²) in [5.41, 5.74) is 2.88. The first-order chi connectivity index (χ1) is 10.5. The minimum absolute atomic E-state index is 0.332. The highest BCUT2D eigenvalue weighted by Gasteiger charge is 2.12. The van der Waals surface area contributed by atoms with Crippen molar-refractivity contribution < 1.29 is 9.18 Å². The third kappa shape index (κ3) is 2.43. The molecule has 0 saturated carbocycles. The van der Waals surface area contributed by atoms with Crippen molar-refractivity contribution in [3.05, 3.63) is 53.1 Å². The lowest BCUT2D eigenvalue weighted by Gasteiger charge is -2.06. The third-order valence-corrected chi connectivity index (χ3v) is 3.55. The van der Waals surface area contributed by atoms with Gasteiger partial charge in [0, 0.05) is 24.3 Å². The normalized spacial score (nSPS) is 10.9. The van der Waals surface area contributed by atoms with Crippen LogP contribution in [0.3, 0.4) is 0 Å². The molecule has 1 aromatic carbocycles. The summed E-state index contributed by atoms with van der Waals surface area (Å²) in [7, 11) is 1.80. The maximum atomic E-state index is 13.5. The molecule has 3 aromatic rings. The van der Waals surface area contributed by atoms with E-state index in [4.69, 9.17) is 0 Å². The molecule has 0 unspecified atom stereocenters. The van der Waals surface area contributed by atoms with E-state index >= 15 is 0 Å². The lowest BCUT2D eigenvalue weighted by atomic mass is 10.2. The molecule has 3 rings (SSSR count). The predicted octanol–water partition coefficient (Wildman–Crippen LogP) is 2.98. The molecule has 2 aromatic heterocycles. The molecule has 112 valence electrons. The summed E-state index contributed by atoms with van der Waals surface area (Å²) >= 11 is 0. The minimum atomic E-state index is -0.352. The fourth-order valence-electron chi connectivity index (χ4n) is 2.31. The number of carbonyl (C=O) groups excluding carboxylic acids is 1. The highest BCUT2D eigenvalue weighted by molar-refractivity contribution is 6.05. The molecule has 1 N–H and O–H groups in total. The molecule has 0 bridgehead atoms. The number of benzene rings is 1. The minimum Gasteiger partial charge on any atom is -0.322 e. The number of anilines is 1. The van der Waals surface area contributed by atoms with Gasteiger partial charge in [-0.25, -0.2) is 9.37 Å². The van der Waals surface area contributed by atoms with Crippen LogP contribution >= 0.6 is 0 Å². The van der Waals surface area contributed by atoms with Gasteiger partial charge in [0.25, 0.3) is 5.91 Å². The van der Waals surface area contributed by atoms with Crippen LogP contribution in [-0.2, 0) is 7.05 Å². The van der Waals surface area contributed by atoms with E-state index in [0.29, 0.717) is 16.8 Å². The zero-order valence-corrected chi connectivity index (χ0v) is 12.5. The largest absolute Gasteiger partial charge is 0.322 e. The molecule has 0 aliphatic heterocycles. The average molecular weight is 298 g/mol. The van der Waals surface area contributed by atoms with Crippen molar-refractivity contribution >= 4 is 22.6 Å². The van der Waals surface area contributed by atoms with Gasteiger partial charge in [-0.3, -0.25) is 9.48 Å². The number of halogens is 1. The van der Waals surface area contributed by atoms with Crippen LogP contribution < -0.4 is 5.32 Å². The summed E-state index contributed by atoms with van der Waals surface area (Å²) < 4.78 is 15.2. The van der Waals surface area contributed by atoms with Crippen LogP contribution in [0.1, 0.15) is 21.6 Å². The van der Waals surface area contributed by atoms with E-state index in [1.54, 1.807) is 36.9 Å². The number of nitrogens with zero attached hydrogens (tertiary/aromatic N) is 3. The standard InChI is InChI=1S/C16H15FN4O/c1-9-4-5-12(7-14(9)17)19-16(22)11-6-13-10(2)20-21(3)15(13)18-8-11/h4-8H,1-3H3,(H,19,22). The van der Waals surface area contributed by atoms with Gasteiger partial charge in [-0.05, 0) is 37.6 Å². The van der Waals surface area contributed by atoms with Crippen LogP contribution in [0.4, 0.5) is 10.1 Å². The number of aromatic nitrogens is 3. The summed E-state index contributed by atoms with van der Waals surface area (Å²) in [6.45, 7) is 3.53. The van der Waals surface area contributed by atoms with Gasteiger partial charge < -0.3 is 5.32 Å². The number of fused-ring (bicyclic) bond motifs is 1. The molecule has 0 fully saturated rings. The van der Waals surface area contributed by atoms with Crippen molar-refractivity contribution in [1.82, 2.24) is 14.8 Å². The maximum absolute atomic E-state index is 13.5. The summed E-state index contributed by atoms with van der Waals surface area (Å²) in [6, 6.07) is 6.33. The molecule has 1 amide bonds. The van der Waals surface area contributed by atoms with Crippen molar-refractivity contribution in [2.24, 2.45) is 7.05 Å². The van der Waals surface area contributed by atoms with Gasteiger partial charge in [-0.15, -0.1) is 0 Å². The van der Waals surface area contributed by atoms with Crippen LogP contribution in [0.5, 0.6) is 0 Å². The Morgan fingerprint density at radius 3 is 2.77 bits per heavy atom. The van der Waals surface area contributed by atoms with Crippen molar-refractivity contribution in [3.8, 4) is 0 Å². The quantitative estimate of drug-likeness (QED) is 0.791. The van der Waals surface area contributed by atoms with Crippen LogP contribution in [0.15, 0.2) is 30.5 Å². The maximum Gasteiger partial charge on any atom is 0.257 e. The molecule has 5 nitrogen and oxygen atoms in total. The number of aryl methyl sites for hydroxylation is 3. The number of amides is 1. The lowest BCUT2D eigenvalue weighted by Crippen LogP contribution is -2.12. The second-order valence-corrected chi connectivity index (χ2v) is 5.22. The van der Waals surface area contributed by atoms with Gasteiger partial charge >= 0.3 is 0 Å². The van der Waals surface area contributed by atoms with E-state index < -0.39 is 0 Å². The van der Waals surface area contributed by atoms with Crippen molar-refractivity contribution in [2.75, 3.05) is 5.32 Å². The highest BCUT2D eigenvalue weighted by Crippen LogP contribution is 2.18. The number of rotatable bonds is 2. The molecule has 6 heteroatoms. The van der Waals surface area contributed by atoms with Crippen LogP contribution in [0.2, 0.25) is 0 Å². The molecule has 22 heavy (non-hydrogen) atoms. The molecule has 0 atom stereocenters. The van der Waals surface area contributed by atoms with E-state index in [9.17, 15) is 9.18 Å². The van der Waals surface area contributed by atoms with E-state index in [-0.39, 0.29) is 11.7 Å². The summed E-state index contributed by atoms with van der Waals surface area (Å²) in [6.07, 6.45) is 1.49. The van der Waals surface area contributed by atoms with Crippen LogP contribution in [0.25, 0.3) is 11.0 Å². The second-order valence-electron chi connectivity index (χ2n) is 5.22. The Bertz CT molecular complexity index is 885. The number of nitrogens with one attached hydrogen (secondary N) is 1. The molecule has 0 saturated heterocycles. The highest BCUT2D eigenvalue weighted by atomic mass is 19.1. The predicted molar refractivity (Wildman–Crippen MR) is 82.3 cm³/mol. The number of hydrogen-bond acceptors (Lipinski definition) is 3. The van der Waals surface area contributed by atoms with Gasteiger partial charge in [0.05, 0.1) is 11.3 Å². The fourth-order valence-corrected chi connectivity index (χ4v) is 2.31. The molecular formula is C16H15FN4O. The van der Waals surface area contributed by atoms with Crippen molar-refractivity contribution in [2.45, 2.75) is 13.8 Å². The Labute approximate surface area is 126 Å².